The fraction of sp³-hybridized carbons (Fsp3) is 0.375. The third-order valence-electron chi connectivity index (χ3n) is 3.94. The minimum Gasteiger partial charge on any atom is -0.467 e. The predicted octanol–water partition coefficient (Wildman–Crippen LogP) is 3.85. The van der Waals surface area contributed by atoms with E-state index in [1.807, 2.05) is 4.90 Å². The summed E-state index contributed by atoms with van der Waals surface area (Å²) in [6.07, 6.45) is -3.24. The second-order valence-electron chi connectivity index (χ2n) is 5.44. The molecule has 0 bridgehead atoms. The molecular weight excluding hydrogens is 348 g/mol. The van der Waals surface area contributed by atoms with Gasteiger partial charge in [-0.2, -0.15) is 13.2 Å². The second kappa shape index (κ2) is 7.55. The van der Waals surface area contributed by atoms with E-state index in [0.717, 1.165) is 25.2 Å². The highest BCUT2D eigenvalue weighted by Gasteiger charge is 2.36. The van der Waals surface area contributed by atoms with E-state index >= 15 is 0 Å². The number of halogens is 5. The summed E-state index contributed by atoms with van der Waals surface area (Å²) in [7, 11) is 0. The Morgan fingerprint density at radius 3 is 2.42 bits per heavy atom. The number of piperazine rings is 1. The number of nitrogens with zero attached hydrogens (tertiary/aromatic N) is 1. The summed E-state index contributed by atoms with van der Waals surface area (Å²) in [4.78, 5) is 2.03. The molecule has 1 aliphatic heterocycles. The highest BCUT2D eigenvalue weighted by Crippen LogP contribution is 2.36. The van der Waals surface area contributed by atoms with Crippen molar-refractivity contribution in [2.24, 2.45) is 0 Å². The van der Waals surface area contributed by atoms with Crippen molar-refractivity contribution in [1.82, 2.24) is 10.2 Å². The van der Waals surface area contributed by atoms with E-state index in [-0.39, 0.29) is 12.4 Å². The molecule has 1 saturated heterocycles. The largest absolute Gasteiger partial charge is 0.467 e. The minimum absolute atomic E-state index is 0. The predicted molar refractivity (Wildman–Crippen MR) is 83.6 cm³/mol. The average Bonchev–Trinajstić information content (AvgIpc) is 3.03. The molecule has 3 rings (SSSR count). The fourth-order valence-corrected chi connectivity index (χ4v) is 2.87. The summed E-state index contributed by atoms with van der Waals surface area (Å²) >= 11 is 0. The lowest BCUT2D eigenvalue weighted by atomic mass is 9.99. The molecule has 1 aromatic heterocycles. The van der Waals surface area contributed by atoms with Gasteiger partial charge in [0.15, 0.2) is 0 Å². The Morgan fingerprint density at radius 1 is 1.12 bits per heavy atom. The van der Waals surface area contributed by atoms with Gasteiger partial charge in [0.25, 0.3) is 0 Å². The second-order valence-corrected chi connectivity index (χ2v) is 5.44. The molecule has 2 heterocycles. The highest BCUT2D eigenvalue weighted by atomic mass is 35.5. The maximum atomic E-state index is 13.5. The number of nitrogens with one attached hydrogen (secondary N) is 1. The maximum absolute atomic E-state index is 13.5. The Labute approximate surface area is 143 Å². The van der Waals surface area contributed by atoms with Gasteiger partial charge in [-0.05, 0) is 29.8 Å². The third kappa shape index (κ3) is 3.91. The zero-order valence-electron chi connectivity index (χ0n) is 12.6. The van der Waals surface area contributed by atoms with Gasteiger partial charge in [0.1, 0.15) is 11.6 Å². The molecule has 1 aliphatic rings. The molecule has 1 atom stereocenters. The van der Waals surface area contributed by atoms with Gasteiger partial charge in [0, 0.05) is 26.2 Å². The van der Waals surface area contributed by atoms with Gasteiger partial charge in [-0.1, -0.05) is 6.07 Å². The first-order chi connectivity index (χ1) is 11.0. The van der Waals surface area contributed by atoms with E-state index in [1.165, 1.54) is 12.3 Å². The van der Waals surface area contributed by atoms with Crippen LogP contribution in [0.15, 0.2) is 41.0 Å². The Balaban J connectivity index is 0.00000208. The molecule has 0 unspecified atom stereocenters. The molecule has 1 fully saturated rings. The van der Waals surface area contributed by atoms with Gasteiger partial charge < -0.3 is 9.73 Å². The highest BCUT2D eigenvalue weighted by molar-refractivity contribution is 5.85. The smallest absolute Gasteiger partial charge is 0.419 e. The Hall–Kier alpha value is -1.57. The van der Waals surface area contributed by atoms with Gasteiger partial charge in [0.2, 0.25) is 0 Å². The lowest BCUT2D eigenvalue weighted by molar-refractivity contribution is -0.140. The van der Waals surface area contributed by atoms with Crippen LogP contribution in [0.1, 0.15) is 22.9 Å². The molecule has 132 valence electrons. The van der Waals surface area contributed by atoms with Crippen LogP contribution in [0.4, 0.5) is 17.6 Å². The SMILES string of the molecule is Cl.Fc1ccc([C@H](c2ccco2)N2CCNCC2)cc1C(F)(F)F. The number of benzene rings is 1. The van der Waals surface area contributed by atoms with Crippen LogP contribution in [0, 0.1) is 5.82 Å². The zero-order chi connectivity index (χ0) is 16.4. The van der Waals surface area contributed by atoms with Crippen LogP contribution in [0.2, 0.25) is 0 Å². The van der Waals surface area contributed by atoms with Crippen molar-refractivity contribution < 1.29 is 22.0 Å². The van der Waals surface area contributed by atoms with Gasteiger partial charge in [-0.25, -0.2) is 4.39 Å². The Kier molecular flexibility index (Phi) is 5.90. The van der Waals surface area contributed by atoms with Gasteiger partial charge in [-0.15, -0.1) is 12.4 Å². The summed E-state index contributed by atoms with van der Waals surface area (Å²) in [5.74, 6) is -0.716. The summed E-state index contributed by atoms with van der Waals surface area (Å²) < 4.78 is 57.9. The van der Waals surface area contributed by atoms with E-state index in [9.17, 15) is 17.6 Å². The summed E-state index contributed by atoms with van der Waals surface area (Å²) in [5.41, 5.74) is -0.878. The Bertz CT molecular complexity index is 655. The van der Waals surface area contributed by atoms with Crippen LogP contribution in [-0.2, 0) is 6.18 Å². The van der Waals surface area contributed by atoms with Crippen LogP contribution in [0.3, 0.4) is 0 Å². The number of hydrogen-bond donors (Lipinski definition) is 1. The minimum atomic E-state index is -4.72. The first kappa shape index (κ1) is 18.8. The standard InChI is InChI=1S/C16H16F4N2O.ClH/c17-13-4-3-11(10-12(13)16(18,19)20)15(14-2-1-9-23-14)22-7-5-21-6-8-22;/h1-4,9-10,15,21H,5-8H2;1H/t15-;/m1./s1. The van der Waals surface area contributed by atoms with E-state index < -0.39 is 23.6 Å². The summed E-state index contributed by atoms with van der Waals surface area (Å²) in [6.45, 7) is 2.82. The van der Waals surface area contributed by atoms with E-state index in [0.29, 0.717) is 24.4 Å². The average molecular weight is 365 g/mol. The first-order valence-corrected chi connectivity index (χ1v) is 7.31. The topological polar surface area (TPSA) is 28.4 Å². The number of alkyl halides is 3. The number of furan rings is 1. The van der Waals surface area contributed by atoms with E-state index in [1.54, 1.807) is 12.1 Å². The zero-order valence-corrected chi connectivity index (χ0v) is 13.5. The molecule has 0 saturated carbocycles. The maximum Gasteiger partial charge on any atom is 0.419 e. The van der Waals surface area contributed by atoms with Crippen molar-refractivity contribution >= 4 is 12.4 Å². The monoisotopic (exact) mass is 364 g/mol. The Morgan fingerprint density at radius 2 is 1.83 bits per heavy atom. The van der Waals surface area contributed by atoms with E-state index in [4.69, 9.17) is 4.42 Å². The third-order valence-corrected chi connectivity index (χ3v) is 3.94. The molecule has 0 spiro atoms. The van der Waals surface area contributed by atoms with Crippen molar-refractivity contribution in [2.75, 3.05) is 26.2 Å². The molecular formula is C16H17ClF4N2O. The van der Waals surface area contributed by atoms with Crippen molar-refractivity contribution in [1.29, 1.82) is 0 Å². The van der Waals surface area contributed by atoms with Crippen LogP contribution in [-0.4, -0.2) is 31.1 Å². The van der Waals surface area contributed by atoms with Crippen molar-refractivity contribution in [3.8, 4) is 0 Å². The van der Waals surface area contributed by atoms with Gasteiger partial charge >= 0.3 is 6.18 Å². The molecule has 0 radical (unpaired) electrons. The van der Waals surface area contributed by atoms with Gasteiger partial charge in [-0.3, -0.25) is 4.90 Å². The van der Waals surface area contributed by atoms with Crippen molar-refractivity contribution in [3.05, 3.63) is 59.3 Å². The quantitative estimate of drug-likeness (QED) is 0.838. The van der Waals surface area contributed by atoms with Crippen molar-refractivity contribution in [3.63, 3.8) is 0 Å². The first-order valence-electron chi connectivity index (χ1n) is 7.31. The summed E-state index contributed by atoms with van der Waals surface area (Å²) in [6, 6.07) is 6.09. The molecule has 0 amide bonds. The van der Waals surface area contributed by atoms with Crippen LogP contribution in [0.5, 0.6) is 0 Å². The van der Waals surface area contributed by atoms with E-state index in [2.05, 4.69) is 5.32 Å². The van der Waals surface area contributed by atoms with Crippen LogP contribution >= 0.6 is 12.4 Å². The van der Waals surface area contributed by atoms with Crippen molar-refractivity contribution in [2.45, 2.75) is 12.2 Å². The molecule has 0 aliphatic carbocycles. The molecule has 1 aromatic carbocycles. The number of hydrogen-bond acceptors (Lipinski definition) is 3. The lowest BCUT2D eigenvalue weighted by Gasteiger charge is -2.34. The van der Waals surface area contributed by atoms with Crippen LogP contribution in [0.25, 0.3) is 0 Å². The fourth-order valence-electron chi connectivity index (χ4n) is 2.87. The molecule has 24 heavy (non-hydrogen) atoms. The number of rotatable bonds is 3. The van der Waals surface area contributed by atoms with Crippen LogP contribution < -0.4 is 5.32 Å². The summed E-state index contributed by atoms with van der Waals surface area (Å²) in [5, 5.41) is 3.20. The molecule has 1 N–H and O–H groups in total. The molecule has 8 heteroatoms. The molecule has 3 nitrogen and oxygen atoms in total. The normalized spacial score (nSPS) is 17.3. The molecule has 2 aromatic rings. The lowest BCUT2D eigenvalue weighted by Crippen LogP contribution is -2.45. The van der Waals surface area contributed by atoms with Gasteiger partial charge in [0.05, 0.1) is 17.9 Å².